The molecule has 6 nitrogen and oxygen atoms in total. The molecule has 0 bridgehead atoms. The van der Waals surface area contributed by atoms with E-state index >= 15 is 0 Å². The highest BCUT2D eigenvalue weighted by molar-refractivity contribution is 7.99. The Hall–Kier alpha value is -2.68. The number of carbonyl (C=O) groups excluding carboxylic acids is 1. The molecule has 3 aromatic carbocycles. The summed E-state index contributed by atoms with van der Waals surface area (Å²) in [6.45, 7) is 2.99. The van der Waals surface area contributed by atoms with Crippen LogP contribution in [0, 0.1) is 0 Å². The molecule has 248 valence electrons. The van der Waals surface area contributed by atoms with Gasteiger partial charge < -0.3 is 23.7 Å². The molecule has 0 aromatic heterocycles. The first kappa shape index (κ1) is 34.6. The molecular formula is C39H50O6S. The van der Waals surface area contributed by atoms with Crippen molar-refractivity contribution in [2.45, 2.75) is 114 Å². The minimum Gasteiger partial charge on any atom is -0.452 e. The van der Waals surface area contributed by atoms with Crippen LogP contribution < -0.4 is 0 Å². The van der Waals surface area contributed by atoms with Crippen molar-refractivity contribution in [3.8, 4) is 0 Å². The van der Waals surface area contributed by atoms with Crippen molar-refractivity contribution >= 4 is 17.7 Å². The summed E-state index contributed by atoms with van der Waals surface area (Å²) in [6, 6.07) is 29.1. The lowest BCUT2D eigenvalue weighted by Gasteiger charge is -2.48. The quantitative estimate of drug-likeness (QED) is 0.101. The number of unbranched alkanes of at least 4 members (excludes halogenated alkanes) is 9. The first-order chi connectivity index (χ1) is 22.7. The molecule has 0 amide bonds. The van der Waals surface area contributed by atoms with Gasteiger partial charge in [0, 0.05) is 5.56 Å². The number of thioether (sulfide) groups is 1. The molecule has 2 heterocycles. The Balaban J connectivity index is 1.27. The lowest BCUT2D eigenvalue weighted by molar-refractivity contribution is -0.324. The molecule has 0 N–H and O–H groups in total. The maximum absolute atomic E-state index is 13.5. The molecule has 7 heteroatoms. The topological polar surface area (TPSA) is 63.2 Å². The third kappa shape index (κ3) is 10.4. The van der Waals surface area contributed by atoms with E-state index in [4.69, 9.17) is 23.7 Å². The van der Waals surface area contributed by atoms with Crippen LogP contribution in [0.15, 0.2) is 91.0 Å². The second-order valence-corrected chi connectivity index (χ2v) is 13.5. The molecule has 5 rings (SSSR count). The highest BCUT2D eigenvalue weighted by atomic mass is 32.2. The van der Waals surface area contributed by atoms with Crippen LogP contribution in [0.4, 0.5) is 0 Å². The fourth-order valence-corrected chi connectivity index (χ4v) is 7.32. The van der Waals surface area contributed by atoms with E-state index in [2.05, 4.69) is 6.92 Å². The average molecular weight is 647 g/mol. The number of benzene rings is 3. The van der Waals surface area contributed by atoms with Gasteiger partial charge in [-0.05, 0) is 29.9 Å². The van der Waals surface area contributed by atoms with Gasteiger partial charge in [-0.1, -0.05) is 144 Å². The van der Waals surface area contributed by atoms with Gasteiger partial charge in [0.2, 0.25) is 0 Å². The summed E-state index contributed by atoms with van der Waals surface area (Å²) in [7, 11) is 0. The number of carbonyl (C=O) groups is 1. The lowest BCUT2D eigenvalue weighted by atomic mass is 9.98. The first-order valence-corrected chi connectivity index (χ1v) is 18.3. The Morgan fingerprint density at radius 3 is 2.02 bits per heavy atom. The summed E-state index contributed by atoms with van der Waals surface area (Å²) in [5.74, 6) is 0.523. The molecule has 0 spiro atoms. The van der Waals surface area contributed by atoms with Crippen LogP contribution >= 0.6 is 11.8 Å². The van der Waals surface area contributed by atoms with Crippen molar-refractivity contribution in [3.05, 3.63) is 108 Å². The number of hydrogen-bond donors (Lipinski definition) is 0. The third-order valence-electron chi connectivity index (χ3n) is 8.67. The van der Waals surface area contributed by atoms with E-state index in [1.807, 2.05) is 78.9 Å². The smallest absolute Gasteiger partial charge is 0.338 e. The van der Waals surface area contributed by atoms with Crippen LogP contribution in [0.25, 0.3) is 0 Å². The van der Waals surface area contributed by atoms with Crippen molar-refractivity contribution < 1.29 is 28.5 Å². The molecule has 2 saturated heterocycles. The second-order valence-electron chi connectivity index (χ2n) is 12.3. The number of fused-ring (bicyclic) bond motifs is 1. The fourth-order valence-electron chi connectivity index (χ4n) is 6.10. The van der Waals surface area contributed by atoms with Crippen LogP contribution in [-0.2, 0) is 30.3 Å². The molecule has 3 aromatic rings. The van der Waals surface area contributed by atoms with Crippen molar-refractivity contribution in [1.29, 1.82) is 0 Å². The Bertz CT molecular complexity index is 1260. The molecule has 46 heavy (non-hydrogen) atoms. The maximum Gasteiger partial charge on any atom is 0.338 e. The predicted octanol–water partition coefficient (Wildman–Crippen LogP) is 9.29. The summed E-state index contributed by atoms with van der Waals surface area (Å²) in [6.07, 6.45) is 10.3. The number of ether oxygens (including phenoxy) is 5. The normalized spacial score (nSPS) is 24.3. The Labute approximate surface area is 279 Å². The summed E-state index contributed by atoms with van der Waals surface area (Å²) in [5, 5.41) is 0. The van der Waals surface area contributed by atoms with E-state index in [1.165, 1.54) is 57.8 Å². The van der Waals surface area contributed by atoms with Crippen molar-refractivity contribution in [2.75, 3.05) is 12.4 Å². The Morgan fingerprint density at radius 1 is 0.739 bits per heavy atom. The highest BCUT2D eigenvalue weighted by Gasteiger charge is 2.52. The lowest BCUT2D eigenvalue weighted by Crippen LogP contribution is -2.62. The van der Waals surface area contributed by atoms with Gasteiger partial charge in [0.25, 0.3) is 0 Å². The van der Waals surface area contributed by atoms with Crippen LogP contribution in [0.1, 0.15) is 98.9 Å². The van der Waals surface area contributed by atoms with E-state index < -0.39 is 36.0 Å². The zero-order chi connectivity index (χ0) is 31.8. The van der Waals surface area contributed by atoms with Gasteiger partial charge in [-0.2, -0.15) is 0 Å². The van der Waals surface area contributed by atoms with Crippen molar-refractivity contribution in [2.24, 2.45) is 0 Å². The number of hydrogen-bond acceptors (Lipinski definition) is 7. The largest absolute Gasteiger partial charge is 0.452 e. The molecular weight excluding hydrogens is 596 g/mol. The van der Waals surface area contributed by atoms with Gasteiger partial charge in [-0.15, -0.1) is 11.8 Å². The van der Waals surface area contributed by atoms with Gasteiger partial charge >= 0.3 is 5.97 Å². The molecule has 1 unspecified atom stereocenters. The zero-order valence-electron chi connectivity index (χ0n) is 27.2. The van der Waals surface area contributed by atoms with Crippen LogP contribution in [-0.4, -0.2) is 48.2 Å². The van der Waals surface area contributed by atoms with E-state index in [-0.39, 0.29) is 6.10 Å². The fraction of sp³-hybridized carbons (Fsp3) is 0.513. The highest BCUT2D eigenvalue weighted by Crippen LogP contribution is 2.40. The summed E-state index contributed by atoms with van der Waals surface area (Å²) >= 11 is 1.71. The number of rotatable bonds is 18. The van der Waals surface area contributed by atoms with Gasteiger partial charge in [0.1, 0.15) is 23.7 Å². The average Bonchev–Trinajstić information content (AvgIpc) is 3.11. The minimum absolute atomic E-state index is 0.349. The van der Waals surface area contributed by atoms with Crippen LogP contribution in [0.3, 0.4) is 0 Å². The van der Waals surface area contributed by atoms with E-state index in [0.717, 1.165) is 23.3 Å². The van der Waals surface area contributed by atoms with Gasteiger partial charge in [-0.3, -0.25) is 0 Å². The van der Waals surface area contributed by atoms with Gasteiger partial charge in [-0.25, -0.2) is 4.79 Å². The van der Waals surface area contributed by atoms with Gasteiger partial charge in [0.05, 0.1) is 18.8 Å². The summed E-state index contributed by atoms with van der Waals surface area (Å²) in [5.41, 5.74) is 2.06. The first-order valence-electron chi connectivity index (χ1n) is 17.2. The molecule has 0 radical (unpaired) electrons. The Kier molecular flexibility index (Phi) is 14.5. The van der Waals surface area contributed by atoms with Crippen molar-refractivity contribution in [3.63, 3.8) is 0 Å². The maximum atomic E-state index is 13.5. The summed E-state index contributed by atoms with van der Waals surface area (Å²) in [4.78, 5) is 13.5. The van der Waals surface area contributed by atoms with Crippen LogP contribution in [0.2, 0.25) is 0 Å². The molecule has 2 aliphatic heterocycles. The van der Waals surface area contributed by atoms with Crippen molar-refractivity contribution in [1.82, 2.24) is 0 Å². The molecule has 0 saturated carbocycles. The van der Waals surface area contributed by atoms with Gasteiger partial charge in [0.15, 0.2) is 12.4 Å². The van der Waals surface area contributed by atoms with E-state index in [9.17, 15) is 4.79 Å². The second kappa shape index (κ2) is 19.2. The standard InChI is InChI=1S/C39H50O6S/c1-2-3-4-5-6-7-8-9-10-20-27-46-39-36(44-37(40)31-23-16-12-17-24-31)35(41-28-30-21-14-11-15-22-30)34-33(43-39)29-42-38(45-34)32-25-18-13-19-26-32/h11-19,21-26,33-36,38-39H,2-10,20,27-29H2,1H3/t33-,34-,35+,36-,38?,39+/m1/s1. The molecule has 6 atom stereocenters. The molecule has 2 aliphatic rings. The summed E-state index contributed by atoms with van der Waals surface area (Å²) < 4.78 is 32.4. The SMILES string of the molecule is CCCCCCCCCCCCS[C@@H]1O[C@@H]2COC(c3ccccc3)O[C@H]2[C@H](OCc2ccccc2)[C@H]1OC(=O)c1ccccc1. The molecule has 0 aliphatic carbocycles. The molecule has 2 fully saturated rings. The minimum atomic E-state index is -0.666. The Morgan fingerprint density at radius 2 is 1.35 bits per heavy atom. The predicted molar refractivity (Wildman–Crippen MR) is 184 cm³/mol. The third-order valence-corrected chi connectivity index (χ3v) is 9.91. The van der Waals surface area contributed by atoms with E-state index in [0.29, 0.717) is 18.8 Å². The monoisotopic (exact) mass is 646 g/mol. The van der Waals surface area contributed by atoms with E-state index in [1.54, 1.807) is 23.9 Å². The van der Waals surface area contributed by atoms with Crippen LogP contribution in [0.5, 0.6) is 0 Å². The zero-order valence-corrected chi connectivity index (χ0v) is 28.0. The number of esters is 1.